The van der Waals surface area contributed by atoms with Crippen molar-refractivity contribution in [3.05, 3.63) is 82.8 Å². The fourth-order valence-electron chi connectivity index (χ4n) is 3.09. The summed E-state index contributed by atoms with van der Waals surface area (Å²) in [6.45, 7) is 12.9. The Morgan fingerprint density at radius 1 is 0.643 bits per heavy atom. The van der Waals surface area contributed by atoms with E-state index in [2.05, 4.69) is 123 Å². The van der Waals surface area contributed by atoms with Crippen molar-refractivity contribution in [3.8, 4) is 0 Å². The molecule has 148 valence electrons. The molecular weight excluding hydrogens is 340 g/mol. The number of allylic oxidation sites excluding steroid dienone is 3. The van der Waals surface area contributed by atoms with Crippen molar-refractivity contribution in [3.63, 3.8) is 0 Å². The average Bonchev–Trinajstić information content (AvgIpc) is 2.74. The first-order valence-electron chi connectivity index (χ1n) is 10.4. The molecule has 2 aromatic carbocycles. The quantitative estimate of drug-likeness (QED) is 0.589. The van der Waals surface area contributed by atoms with E-state index in [-0.39, 0.29) is 0 Å². The third-order valence-corrected chi connectivity index (χ3v) is 4.90. The van der Waals surface area contributed by atoms with Crippen LogP contribution in [0.25, 0.3) is 18.4 Å². The summed E-state index contributed by atoms with van der Waals surface area (Å²) in [4.78, 5) is 4.66. The van der Waals surface area contributed by atoms with Gasteiger partial charge in [-0.3, -0.25) is 0 Å². The molecule has 0 bridgehead atoms. The smallest absolute Gasteiger partial charge is 0.0366 e. The molecule has 0 radical (unpaired) electrons. The van der Waals surface area contributed by atoms with Crippen LogP contribution in [0.1, 0.15) is 33.3 Å². The van der Waals surface area contributed by atoms with Gasteiger partial charge in [0.25, 0.3) is 0 Å². The number of rotatable bonds is 9. The largest absolute Gasteiger partial charge is 0.377 e. The summed E-state index contributed by atoms with van der Waals surface area (Å²) in [5.41, 5.74) is 2.50. The summed E-state index contributed by atoms with van der Waals surface area (Å²) < 4.78 is 0. The Balaban J connectivity index is 1.97. The first-order valence-corrected chi connectivity index (χ1v) is 10.4. The zero-order valence-corrected chi connectivity index (χ0v) is 17.8. The molecule has 0 heterocycles. The second kappa shape index (κ2) is 11.9. The highest BCUT2D eigenvalue weighted by atomic mass is 15.1. The Labute approximate surface area is 170 Å². The summed E-state index contributed by atoms with van der Waals surface area (Å²) >= 11 is 0. The SMILES string of the molecule is CCN(C=c1ccc(=C/C=C/C=C/c2ccc(N(CC)CC)cc2)cc1)CC. The van der Waals surface area contributed by atoms with Crippen LogP contribution >= 0.6 is 0 Å². The minimum absolute atomic E-state index is 1.04. The molecule has 2 rings (SSSR count). The zero-order chi connectivity index (χ0) is 20.2. The van der Waals surface area contributed by atoms with E-state index in [1.54, 1.807) is 0 Å². The Morgan fingerprint density at radius 2 is 1.25 bits per heavy atom. The highest BCUT2D eigenvalue weighted by Gasteiger charge is 1.99. The number of hydrogen-bond donors (Lipinski definition) is 0. The molecule has 0 aliphatic heterocycles. The van der Waals surface area contributed by atoms with Gasteiger partial charge in [0, 0.05) is 38.1 Å². The van der Waals surface area contributed by atoms with Crippen molar-refractivity contribution >= 4 is 24.0 Å². The maximum Gasteiger partial charge on any atom is 0.0366 e. The van der Waals surface area contributed by atoms with Crippen molar-refractivity contribution in [2.75, 3.05) is 31.1 Å². The normalized spacial score (nSPS) is 11.1. The van der Waals surface area contributed by atoms with Crippen LogP contribution in [0.3, 0.4) is 0 Å². The molecule has 0 fully saturated rings. The maximum atomic E-state index is 2.35. The molecule has 0 atom stereocenters. The second-order valence-electron chi connectivity index (χ2n) is 6.69. The van der Waals surface area contributed by atoms with Crippen LogP contribution < -0.4 is 15.3 Å². The summed E-state index contributed by atoms with van der Waals surface area (Å²) in [6.07, 6.45) is 12.7. The van der Waals surface area contributed by atoms with Crippen molar-refractivity contribution in [2.24, 2.45) is 0 Å². The van der Waals surface area contributed by atoms with Crippen molar-refractivity contribution in [1.82, 2.24) is 4.90 Å². The van der Waals surface area contributed by atoms with Gasteiger partial charge in [0.1, 0.15) is 0 Å². The number of nitrogens with zero attached hydrogens (tertiary/aromatic N) is 2. The minimum Gasteiger partial charge on any atom is -0.377 e. The fourth-order valence-corrected chi connectivity index (χ4v) is 3.09. The standard InChI is InChI=1S/C26H34N2/c1-5-27(6-2)22-25-16-14-23(15-17-25)12-10-9-11-13-24-18-20-26(21-19-24)28(7-3)8-4/h9-22H,5-8H2,1-4H3/b10-9+,13-11+,23-12?,25-22?. The summed E-state index contributed by atoms with van der Waals surface area (Å²) in [7, 11) is 0. The number of benzene rings is 2. The molecule has 2 heteroatoms. The molecule has 0 saturated heterocycles. The lowest BCUT2D eigenvalue weighted by Gasteiger charge is -2.20. The van der Waals surface area contributed by atoms with E-state index < -0.39 is 0 Å². The number of hydrogen-bond acceptors (Lipinski definition) is 2. The van der Waals surface area contributed by atoms with E-state index in [1.165, 1.54) is 21.7 Å². The predicted molar refractivity (Wildman–Crippen MR) is 126 cm³/mol. The Morgan fingerprint density at radius 3 is 1.82 bits per heavy atom. The van der Waals surface area contributed by atoms with E-state index in [9.17, 15) is 0 Å². The molecule has 0 saturated carbocycles. The molecule has 0 aliphatic carbocycles. The molecule has 2 aromatic rings. The van der Waals surface area contributed by atoms with E-state index in [0.29, 0.717) is 0 Å². The van der Waals surface area contributed by atoms with Gasteiger partial charge < -0.3 is 9.80 Å². The van der Waals surface area contributed by atoms with Crippen LogP contribution in [0.4, 0.5) is 5.69 Å². The molecule has 0 aromatic heterocycles. The van der Waals surface area contributed by atoms with Gasteiger partial charge in [-0.05, 0) is 55.8 Å². The Hall–Kier alpha value is -2.74. The van der Waals surface area contributed by atoms with Crippen LogP contribution in [0.15, 0.2) is 66.8 Å². The molecule has 2 nitrogen and oxygen atoms in total. The highest BCUT2D eigenvalue weighted by molar-refractivity contribution is 5.57. The second-order valence-corrected chi connectivity index (χ2v) is 6.69. The number of anilines is 1. The van der Waals surface area contributed by atoms with E-state index >= 15 is 0 Å². The average molecular weight is 375 g/mol. The van der Waals surface area contributed by atoms with Gasteiger partial charge in [-0.15, -0.1) is 0 Å². The van der Waals surface area contributed by atoms with Gasteiger partial charge >= 0.3 is 0 Å². The molecule has 0 amide bonds. The third kappa shape index (κ3) is 6.77. The summed E-state index contributed by atoms with van der Waals surface area (Å²) in [6, 6.07) is 17.4. The monoisotopic (exact) mass is 374 g/mol. The van der Waals surface area contributed by atoms with Gasteiger partial charge in [-0.1, -0.05) is 66.8 Å². The van der Waals surface area contributed by atoms with Gasteiger partial charge in [-0.2, -0.15) is 0 Å². The molecular formula is C26H34N2. The minimum atomic E-state index is 1.04. The van der Waals surface area contributed by atoms with Gasteiger partial charge in [-0.25, -0.2) is 0 Å². The first-order chi connectivity index (χ1) is 13.7. The van der Waals surface area contributed by atoms with E-state index in [1.807, 2.05) is 0 Å². The molecule has 0 unspecified atom stereocenters. The first kappa shape index (κ1) is 21.6. The Bertz CT molecular complexity index is 844. The van der Waals surface area contributed by atoms with E-state index in [0.717, 1.165) is 26.2 Å². The molecule has 0 N–H and O–H groups in total. The van der Waals surface area contributed by atoms with Gasteiger partial charge in [0.05, 0.1) is 0 Å². The van der Waals surface area contributed by atoms with Crippen molar-refractivity contribution in [1.29, 1.82) is 0 Å². The van der Waals surface area contributed by atoms with Crippen LogP contribution in [0, 0.1) is 0 Å². The molecule has 0 spiro atoms. The predicted octanol–water partition coefficient (Wildman–Crippen LogP) is 4.66. The van der Waals surface area contributed by atoms with E-state index in [4.69, 9.17) is 0 Å². The molecule has 0 aliphatic rings. The van der Waals surface area contributed by atoms with Crippen molar-refractivity contribution in [2.45, 2.75) is 27.7 Å². The lowest BCUT2D eigenvalue weighted by Crippen LogP contribution is -2.21. The maximum absolute atomic E-state index is 2.35. The van der Waals surface area contributed by atoms with Gasteiger partial charge in [0.15, 0.2) is 0 Å². The van der Waals surface area contributed by atoms with Crippen LogP contribution in [-0.4, -0.2) is 31.1 Å². The summed E-state index contributed by atoms with van der Waals surface area (Å²) in [5, 5.41) is 2.46. The fraction of sp³-hybridized carbons (Fsp3) is 0.308. The lowest BCUT2D eigenvalue weighted by molar-refractivity contribution is 0.457. The van der Waals surface area contributed by atoms with Crippen LogP contribution in [-0.2, 0) is 0 Å². The third-order valence-electron chi connectivity index (χ3n) is 4.90. The van der Waals surface area contributed by atoms with Gasteiger partial charge in [0.2, 0.25) is 0 Å². The Kier molecular flexibility index (Phi) is 9.14. The van der Waals surface area contributed by atoms with Crippen molar-refractivity contribution < 1.29 is 0 Å². The zero-order valence-electron chi connectivity index (χ0n) is 17.8. The topological polar surface area (TPSA) is 6.48 Å². The molecule has 28 heavy (non-hydrogen) atoms. The lowest BCUT2D eigenvalue weighted by atomic mass is 10.1. The highest BCUT2D eigenvalue weighted by Crippen LogP contribution is 2.15. The summed E-state index contributed by atoms with van der Waals surface area (Å²) in [5.74, 6) is 0. The van der Waals surface area contributed by atoms with Crippen LogP contribution in [0.2, 0.25) is 0 Å². The van der Waals surface area contributed by atoms with Crippen LogP contribution in [0.5, 0.6) is 0 Å².